The average Bonchev–Trinajstić information content (AvgIpc) is 2.37. The van der Waals surface area contributed by atoms with Crippen LogP contribution in [0.15, 0.2) is 18.3 Å². The monoisotopic (exact) mass is 280 g/mol. The highest BCUT2D eigenvalue weighted by molar-refractivity contribution is 5.73. The molecule has 20 heavy (non-hydrogen) atoms. The first-order chi connectivity index (χ1) is 9.31. The zero-order valence-electron chi connectivity index (χ0n) is 12.6. The zero-order chi connectivity index (χ0) is 15.2. The van der Waals surface area contributed by atoms with Crippen LogP contribution in [-0.4, -0.2) is 29.2 Å². The minimum absolute atomic E-state index is 0.120. The van der Waals surface area contributed by atoms with E-state index in [2.05, 4.69) is 24.1 Å². The van der Waals surface area contributed by atoms with E-state index >= 15 is 0 Å². The van der Waals surface area contributed by atoms with Gasteiger partial charge in [-0.25, -0.2) is 0 Å². The van der Waals surface area contributed by atoms with Crippen LogP contribution in [0.5, 0.6) is 5.75 Å². The second-order valence-corrected chi connectivity index (χ2v) is 5.99. The number of hydrogen-bond acceptors (Lipinski definition) is 4. The first-order valence-electron chi connectivity index (χ1n) is 6.83. The molecule has 1 aromatic heterocycles. The molecule has 0 aliphatic rings. The van der Waals surface area contributed by atoms with E-state index in [0.29, 0.717) is 11.7 Å². The third kappa shape index (κ3) is 5.57. The number of nitrogens with zero attached hydrogens (tertiary/aromatic N) is 1. The molecule has 0 saturated heterocycles. The predicted octanol–water partition coefficient (Wildman–Crippen LogP) is 2.32. The van der Waals surface area contributed by atoms with Gasteiger partial charge in [0.1, 0.15) is 12.4 Å². The Labute approximate surface area is 120 Å². The molecule has 0 aliphatic carbocycles. The van der Waals surface area contributed by atoms with Crippen molar-refractivity contribution in [2.45, 2.75) is 34.2 Å². The number of carboxylic acids is 1. The number of hydrogen-bond donors (Lipinski definition) is 2. The Kier molecular flexibility index (Phi) is 5.95. The summed E-state index contributed by atoms with van der Waals surface area (Å²) in [6.45, 7) is 9.36. The maximum Gasteiger partial charge on any atom is 0.312 e. The quantitative estimate of drug-likeness (QED) is 0.764. The lowest BCUT2D eigenvalue weighted by Gasteiger charge is -2.19. The molecule has 5 nitrogen and oxygen atoms in total. The van der Waals surface area contributed by atoms with Crippen LogP contribution in [0.3, 0.4) is 0 Å². The molecule has 0 fully saturated rings. The first-order valence-corrected chi connectivity index (χ1v) is 6.83. The molecule has 0 amide bonds. The highest BCUT2D eigenvalue weighted by Crippen LogP contribution is 2.18. The lowest BCUT2D eigenvalue weighted by Crippen LogP contribution is -2.30. The van der Waals surface area contributed by atoms with E-state index in [1.165, 1.54) is 0 Å². The molecule has 5 heteroatoms. The highest BCUT2D eigenvalue weighted by atomic mass is 16.5. The van der Waals surface area contributed by atoms with Gasteiger partial charge in [-0.05, 0) is 38.4 Å². The third-order valence-electron chi connectivity index (χ3n) is 2.83. The normalized spacial score (nSPS) is 11.7. The first kappa shape index (κ1) is 16.4. The topological polar surface area (TPSA) is 71.5 Å². The molecular formula is C15H24N2O3. The van der Waals surface area contributed by atoms with Gasteiger partial charge < -0.3 is 15.2 Å². The summed E-state index contributed by atoms with van der Waals surface area (Å²) in [6, 6.07) is 3.70. The van der Waals surface area contributed by atoms with E-state index in [9.17, 15) is 4.79 Å². The number of pyridine rings is 1. The van der Waals surface area contributed by atoms with Gasteiger partial charge >= 0.3 is 5.97 Å². The largest absolute Gasteiger partial charge is 0.491 e. The average molecular weight is 280 g/mol. The Balaban J connectivity index is 2.44. The van der Waals surface area contributed by atoms with E-state index in [-0.39, 0.29) is 6.61 Å². The SMILES string of the molecule is CC(C)CNCc1ccc(OCC(C)(C)C(=O)O)cn1. The molecule has 0 aromatic carbocycles. The minimum atomic E-state index is -0.905. The van der Waals surface area contributed by atoms with Crippen LogP contribution in [0.1, 0.15) is 33.4 Å². The number of carbonyl (C=O) groups is 1. The molecule has 1 aromatic rings. The molecule has 1 rings (SSSR count). The molecule has 0 spiro atoms. The zero-order valence-corrected chi connectivity index (χ0v) is 12.6. The lowest BCUT2D eigenvalue weighted by molar-refractivity contribution is -0.148. The summed E-state index contributed by atoms with van der Waals surface area (Å²) >= 11 is 0. The van der Waals surface area contributed by atoms with Crippen LogP contribution in [0.4, 0.5) is 0 Å². The maximum atomic E-state index is 11.0. The minimum Gasteiger partial charge on any atom is -0.491 e. The number of rotatable bonds is 8. The molecule has 0 unspecified atom stereocenters. The summed E-state index contributed by atoms with van der Waals surface area (Å²) in [5.74, 6) is 0.322. The molecule has 0 radical (unpaired) electrons. The summed E-state index contributed by atoms with van der Waals surface area (Å²) < 4.78 is 5.47. The number of ether oxygens (including phenoxy) is 1. The molecule has 0 aliphatic heterocycles. The summed E-state index contributed by atoms with van der Waals surface area (Å²) in [6.07, 6.45) is 1.63. The van der Waals surface area contributed by atoms with Gasteiger partial charge in [-0.15, -0.1) is 0 Å². The van der Waals surface area contributed by atoms with Gasteiger partial charge in [-0.1, -0.05) is 13.8 Å². The second-order valence-electron chi connectivity index (χ2n) is 5.99. The molecule has 0 bridgehead atoms. The molecule has 0 saturated carbocycles. The van der Waals surface area contributed by atoms with Crippen molar-refractivity contribution in [2.75, 3.05) is 13.2 Å². The van der Waals surface area contributed by atoms with Crippen molar-refractivity contribution in [2.24, 2.45) is 11.3 Å². The molecule has 1 heterocycles. The van der Waals surface area contributed by atoms with Crippen LogP contribution < -0.4 is 10.1 Å². The van der Waals surface area contributed by atoms with E-state index in [4.69, 9.17) is 9.84 Å². The maximum absolute atomic E-state index is 11.0. The van der Waals surface area contributed by atoms with E-state index in [1.807, 2.05) is 12.1 Å². The smallest absolute Gasteiger partial charge is 0.312 e. The van der Waals surface area contributed by atoms with Crippen LogP contribution in [0.25, 0.3) is 0 Å². The van der Waals surface area contributed by atoms with Gasteiger partial charge in [0.2, 0.25) is 0 Å². The van der Waals surface area contributed by atoms with Gasteiger partial charge in [-0.3, -0.25) is 9.78 Å². The van der Waals surface area contributed by atoms with Crippen molar-refractivity contribution < 1.29 is 14.6 Å². The summed E-state index contributed by atoms with van der Waals surface area (Å²) in [4.78, 5) is 15.3. The van der Waals surface area contributed by atoms with Gasteiger partial charge in [0.25, 0.3) is 0 Å². The standard InChI is InChI=1S/C15H24N2O3/c1-11(2)7-16-8-12-5-6-13(9-17-12)20-10-15(3,4)14(18)19/h5-6,9,11,16H,7-8,10H2,1-4H3,(H,18,19). The van der Waals surface area contributed by atoms with Crippen LogP contribution in [0.2, 0.25) is 0 Å². The Bertz CT molecular complexity index is 427. The number of nitrogens with one attached hydrogen (secondary N) is 1. The van der Waals surface area contributed by atoms with Crippen LogP contribution >= 0.6 is 0 Å². The molecule has 0 atom stereocenters. The highest BCUT2D eigenvalue weighted by Gasteiger charge is 2.28. The van der Waals surface area contributed by atoms with E-state index < -0.39 is 11.4 Å². The molecule has 2 N–H and O–H groups in total. The van der Waals surface area contributed by atoms with Crippen molar-refractivity contribution in [1.29, 1.82) is 0 Å². The number of carboxylic acid groups (broad SMARTS) is 1. The number of aromatic nitrogens is 1. The summed E-state index contributed by atoms with van der Waals surface area (Å²) in [5.41, 5.74) is 0.0350. The Morgan fingerprint density at radius 2 is 2.15 bits per heavy atom. The fourth-order valence-corrected chi connectivity index (χ4v) is 1.42. The fourth-order valence-electron chi connectivity index (χ4n) is 1.42. The number of aliphatic carboxylic acids is 1. The fraction of sp³-hybridized carbons (Fsp3) is 0.600. The van der Waals surface area contributed by atoms with Crippen LogP contribution in [0, 0.1) is 11.3 Å². The van der Waals surface area contributed by atoms with Gasteiger partial charge in [0.15, 0.2) is 0 Å². The van der Waals surface area contributed by atoms with Crippen molar-refractivity contribution in [3.63, 3.8) is 0 Å². The Morgan fingerprint density at radius 1 is 1.45 bits per heavy atom. The lowest BCUT2D eigenvalue weighted by atomic mass is 9.95. The van der Waals surface area contributed by atoms with Crippen molar-refractivity contribution in [3.05, 3.63) is 24.0 Å². The van der Waals surface area contributed by atoms with Crippen molar-refractivity contribution in [1.82, 2.24) is 10.3 Å². The second kappa shape index (κ2) is 7.24. The Hall–Kier alpha value is -1.62. The van der Waals surface area contributed by atoms with Crippen molar-refractivity contribution in [3.8, 4) is 5.75 Å². The summed E-state index contributed by atoms with van der Waals surface area (Å²) in [7, 11) is 0. The summed E-state index contributed by atoms with van der Waals surface area (Å²) in [5, 5.41) is 12.3. The van der Waals surface area contributed by atoms with Gasteiger partial charge in [0, 0.05) is 6.54 Å². The van der Waals surface area contributed by atoms with Gasteiger partial charge in [-0.2, -0.15) is 0 Å². The van der Waals surface area contributed by atoms with Crippen LogP contribution in [-0.2, 0) is 11.3 Å². The predicted molar refractivity (Wildman–Crippen MR) is 77.7 cm³/mol. The van der Waals surface area contributed by atoms with Crippen molar-refractivity contribution >= 4 is 5.97 Å². The third-order valence-corrected chi connectivity index (χ3v) is 2.83. The van der Waals surface area contributed by atoms with E-state index in [1.54, 1.807) is 20.0 Å². The molecular weight excluding hydrogens is 256 g/mol. The van der Waals surface area contributed by atoms with E-state index in [0.717, 1.165) is 18.8 Å². The van der Waals surface area contributed by atoms with Gasteiger partial charge in [0.05, 0.1) is 17.3 Å². The molecule has 112 valence electrons. The Morgan fingerprint density at radius 3 is 2.65 bits per heavy atom.